The lowest BCUT2D eigenvalue weighted by Crippen LogP contribution is -2.47. The third-order valence-electron chi connectivity index (χ3n) is 7.76. The average Bonchev–Trinajstić information content (AvgIpc) is 3.52. The van der Waals surface area contributed by atoms with Crippen molar-refractivity contribution in [2.75, 3.05) is 26.8 Å². The van der Waals surface area contributed by atoms with Crippen LogP contribution in [-0.4, -0.2) is 60.8 Å². The van der Waals surface area contributed by atoms with Crippen LogP contribution in [0.3, 0.4) is 0 Å². The van der Waals surface area contributed by atoms with Crippen LogP contribution in [-0.2, 0) is 4.74 Å². The van der Waals surface area contributed by atoms with Crippen LogP contribution in [0.1, 0.15) is 55.2 Å². The number of amides is 3. The molecule has 2 heterocycles. The Bertz CT molecular complexity index is 1120. The zero-order valence-corrected chi connectivity index (χ0v) is 20.3. The van der Waals surface area contributed by atoms with Crippen molar-refractivity contribution in [2.24, 2.45) is 0 Å². The molecule has 1 saturated carbocycles. The maximum absolute atomic E-state index is 13.7. The van der Waals surface area contributed by atoms with Gasteiger partial charge in [0.25, 0.3) is 0 Å². The van der Waals surface area contributed by atoms with Crippen molar-refractivity contribution >= 4 is 12.1 Å². The number of nitrogens with zero attached hydrogens (tertiary/aromatic N) is 2. The first kappa shape index (κ1) is 24.5. The summed E-state index contributed by atoms with van der Waals surface area (Å²) in [6, 6.07) is 10.6. The summed E-state index contributed by atoms with van der Waals surface area (Å²) < 4.78 is 37.7. The number of carbonyl (C=O) groups is 2. The molecule has 1 aliphatic carbocycles. The van der Waals surface area contributed by atoms with Crippen LogP contribution in [0.2, 0.25) is 0 Å². The minimum atomic E-state index is -1.03. The second kappa shape index (κ2) is 10.4. The monoisotopic (exact) mass is 499 g/mol. The minimum absolute atomic E-state index is 0.0937. The molecule has 0 radical (unpaired) electrons. The summed E-state index contributed by atoms with van der Waals surface area (Å²) in [5, 5.41) is 2.96. The van der Waals surface area contributed by atoms with Gasteiger partial charge < -0.3 is 14.8 Å². The van der Waals surface area contributed by atoms with E-state index in [0.29, 0.717) is 24.1 Å². The topological polar surface area (TPSA) is 71.1 Å². The molecule has 36 heavy (non-hydrogen) atoms. The Kier molecular flexibility index (Phi) is 7.09. The predicted octanol–water partition coefficient (Wildman–Crippen LogP) is 4.98. The molecular formula is C27H31F2N3O4. The summed E-state index contributed by atoms with van der Waals surface area (Å²) in [7, 11) is 1.71. The predicted molar refractivity (Wildman–Crippen MR) is 129 cm³/mol. The molecule has 1 N–H and O–H groups in total. The van der Waals surface area contributed by atoms with Crippen molar-refractivity contribution in [1.82, 2.24) is 15.1 Å². The smallest absolute Gasteiger partial charge is 0.418 e. The SMILES string of the molecule is COc1ccccc1[C@H]1CC[C@H](N2CC[C@@H](NC(=O)N3C(=O)OC[C@@H]3c3ccc(F)c(F)c3)C2)CC1. The van der Waals surface area contributed by atoms with Gasteiger partial charge in [-0.15, -0.1) is 0 Å². The Morgan fingerprint density at radius 1 is 1.06 bits per heavy atom. The van der Waals surface area contributed by atoms with Crippen molar-refractivity contribution in [3.05, 3.63) is 65.2 Å². The van der Waals surface area contributed by atoms with E-state index in [4.69, 9.17) is 9.47 Å². The van der Waals surface area contributed by atoms with E-state index in [2.05, 4.69) is 22.3 Å². The molecule has 2 aromatic carbocycles. The summed E-state index contributed by atoms with van der Waals surface area (Å²) in [4.78, 5) is 28.7. The van der Waals surface area contributed by atoms with Crippen LogP contribution < -0.4 is 10.1 Å². The molecular weight excluding hydrogens is 468 g/mol. The van der Waals surface area contributed by atoms with Gasteiger partial charge in [-0.05, 0) is 67.3 Å². The standard InChI is InChI=1S/C27H31F2N3O4/c1-35-25-5-3-2-4-21(25)17-6-9-20(10-7-17)31-13-12-19(15-31)30-26(33)32-24(16-36-27(32)34)18-8-11-22(28)23(29)14-18/h2-5,8,11,14,17,19-20,24H,6-7,9-10,12-13,15-16H2,1H3,(H,30,33)/t17-,19-,20-,24-/m1/s1. The van der Waals surface area contributed by atoms with Gasteiger partial charge in [-0.1, -0.05) is 24.3 Å². The van der Waals surface area contributed by atoms with E-state index < -0.39 is 29.8 Å². The third kappa shape index (κ3) is 4.89. The zero-order chi connectivity index (χ0) is 25.2. The van der Waals surface area contributed by atoms with E-state index in [9.17, 15) is 18.4 Å². The van der Waals surface area contributed by atoms with Crippen molar-refractivity contribution < 1.29 is 27.8 Å². The van der Waals surface area contributed by atoms with Gasteiger partial charge in [0, 0.05) is 25.2 Å². The van der Waals surface area contributed by atoms with Crippen molar-refractivity contribution in [3.8, 4) is 5.75 Å². The van der Waals surface area contributed by atoms with Gasteiger partial charge in [-0.3, -0.25) is 4.90 Å². The fourth-order valence-electron chi connectivity index (χ4n) is 5.85. The molecule has 0 unspecified atom stereocenters. The number of ether oxygens (including phenoxy) is 2. The first-order valence-corrected chi connectivity index (χ1v) is 12.5. The average molecular weight is 500 g/mol. The van der Waals surface area contributed by atoms with Gasteiger partial charge in [0.2, 0.25) is 0 Å². The maximum atomic E-state index is 13.7. The van der Waals surface area contributed by atoms with E-state index in [1.54, 1.807) is 7.11 Å². The second-order valence-corrected chi connectivity index (χ2v) is 9.81. The highest BCUT2D eigenvalue weighted by atomic mass is 19.2. The molecule has 3 fully saturated rings. The molecule has 9 heteroatoms. The van der Waals surface area contributed by atoms with Crippen LogP contribution in [0.5, 0.6) is 5.75 Å². The first-order valence-electron chi connectivity index (χ1n) is 12.5. The number of hydrogen-bond acceptors (Lipinski definition) is 5. The molecule has 2 saturated heterocycles. The van der Waals surface area contributed by atoms with E-state index in [1.165, 1.54) is 11.6 Å². The lowest BCUT2D eigenvalue weighted by atomic mass is 9.81. The number of cyclic esters (lactones) is 1. The lowest BCUT2D eigenvalue weighted by Gasteiger charge is -2.35. The molecule has 0 aromatic heterocycles. The van der Waals surface area contributed by atoms with Crippen molar-refractivity contribution in [1.29, 1.82) is 0 Å². The Labute approximate surface area is 209 Å². The number of halogens is 2. The first-order chi connectivity index (χ1) is 17.4. The Hall–Kier alpha value is -3.20. The Balaban J connectivity index is 1.16. The highest BCUT2D eigenvalue weighted by Crippen LogP contribution is 2.39. The number of nitrogens with one attached hydrogen (secondary N) is 1. The van der Waals surface area contributed by atoms with Crippen LogP contribution in [0.25, 0.3) is 0 Å². The summed E-state index contributed by atoms with van der Waals surface area (Å²) >= 11 is 0. The number of benzene rings is 2. The molecule has 192 valence electrons. The van der Waals surface area contributed by atoms with Gasteiger partial charge in [-0.2, -0.15) is 0 Å². The molecule has 2 aromatic rings. The molecule has 7 nitrogen and oxygen atoms in total. The maximum Gasteiger partial charge on any atom is 0.418 e. The summed E-state index contributed by atoms with van der Waals surface area (Å²) in [6.07, 6.45) is 4.35. The number of carbonyl (C=O) groups excluding carboxylic acids is 2. The largest absolute Gasteiger partial charge is 0.496 e. The molecule has 2 aliphatic heterocycles. The number of para-hydroxylation sites is 1. The number of imide groups is 1. The van der Waals surface area contributed by atoms with Gasteiger partial charge in [0.1, 0.15) is 18.4 Å². The van der Waals surface area contributed by atoms with Gasteiger partial charge in [0.15, 0.2) is 11.6 Å². The van der Waals surface area contributed by atoms with Gasteiger partial charge in [0.05, 0.1) is 7.11 Å². The van der Waals surface area contributed by atoms with Crippen LogP contribution in [0.15, 0.2) is 42.5 Å². The quantitative estimate of drug-likeness (QED) is 0.629. The number of methoxy groups -OCH3 is 1. The molecule has 3 amide bonds. The molecule has 2 atom stereocenters. The molecule has 0 bridgehead atoms. The number of likely N-dealkylation sites (tertiary alicyclic amines) is 1. The minimum Gasteiger partial charge on any atom is -0.496 e. The van der Waals surface area contributed by atoms with Crippen molar-refractivity contribution in [3.63, 3.8) is 0 Å². The zero-order valence-electron chi connectivity index (χ0n) is 20.3. The molecule has 5 rings (SSSR count). The van der Waals surface area contributed by atoms with Crippen LogP contribution in [0, 0.1) is 11.6 Å². The molecule has 3 aliphatic rings. The summed E-state index contributed by atoms with van der Waals surface area (Å²) in [5.74, 6) is -0.570. The third-order valence-corrected chi connectivity index (χ3v) is 7.76. The fourth-order valence-corrected chi connectivity index (χ4v) is 5.85. The van der Waals surface area contributed by atoms with Crippen LogP contribution >= 0.6 is 0 Å². The highest BCUT2D eigenvalue weighted by Gasteiger charge is 2.41. The number of rotatable bonds is 5. The van der Waals surface area contributed by atoms with E-state index in [-0.39, 0.29) is 12.6 Å². The lowest BCUT2D eigenvalue weighted by molar-refractivity contribution is 0.155. The molecule has 0 spiro atoms. The Morgan fingerprint density at radius 3 is 2.58 bits per heavy atom. The highest BCUT2D eigenvalue weighted by molar-refractivity contribution is 5.92. The summed E-state index contributed by atoms with van der Waals surface area (Å²) in [5.41, 5.74) is 1.59. The normalized spacial score (nSPS) is 26.6. The Morgan fingerprint density at radius 2 is 1.83 bits per heavy atom. The van der Waals surface area contributed by atoms with Gasteiger partial charge >= 0.3 is 12.1 Å². The summed E-state index contributed by atoms with van der Waals surface area (Å²) in [6.45, 7) is 1.50. The van der Waals surface area contributed by atoms with Gasteiger partial charge in [-0.25, -0.2) is 23.3 Å². The van der Waals surface area contributed by atoms with Crippen LogP contribution in [0.4, 0.5) is 18.4 Å². The van der Waals surface area contributed by atoms with E-state index >= 15 is 0 Å². The van der Waals surface area contributed by atoms with Crippen molar-refractivity contribution in [2.45, 2.75) is 56.1 Å². The second-order valence-electron chi connectivity index (χ2n) is 9.81. The van der Waals surface area contributed by atoms with E-state index in [1.807, 2.05) is 12.1 Å². The number of hydrogen-bond donors (Lipinski definition) is 1. The number of urea groups is 1. The fraction of sp³-hybridized carbons (Fsp3) is 0.481. The van der Waals surface area contributed by atoms with E-state index in [0.717, 1.165) is 61.4 Å².